The lowest BCUT2D eigenvalue weighted by Crippen LogP contribution is -2.20. The molecular weight excluding hydrogens is 417 g/mol. The Kier molecular flexibility index (Phi) is 6.64. The predicted molar refractivity (Wildman–Crippen MR) is 113 cm³/mol. The summed E-state index contributed by atoms with van der Waals surface area (Å²) in [5.74, 6) is -0.369. The zero-order valence-corrected chi connectivity index (χ0v) is 16.2. The summed E-state index contributed by atoms with van der Waals surface area (Å²) >= 11 is 5.88. The molecule has 3 rings (SSSR count). The van der Waals surface area contributed by atoms with Crippen molar-refractivity contribution in [2.75, 3.05) is 10.6 Å². The minimum Gasteiger partial charge on any atom is -0.406 e. The standard InChI is InChI=1S/C22H16ClF3N2O2/c23-17-9-6-15(7-10-17)5-8-16-3-1-2-4-20(16)28-21(29)27-18-11-13-19(14-12-18)30-22(24,25)26/h1-14H,(H2,27,28,29)/b8-5+. The topological polar surface area (TPSA) is 50.4 Å². The smallest absolute Gasteiger partial charge is 0.406 e. The van der Waals surface area contributed by atoms with Crippen LogP contribution < -0.4 is 15.4 Å². The van der Waals surface area contributed by atoms with Gasteiger partial charge in [0.05, 0.1) is 0 Å². The molecule has 30 heavy (non-hydrogen) atoms. The quantitative estimate of drug-likeness (QED) is 0.424. The lowest BCUT2D eigenvalue weighted by Gasteiger charge is -2.11. The van der Waals surface area contributed by atoms with Crippen molar-refractivity contribution in [1.29, 1.82) is 0 Å². The van der Waals surface area contributed by atoms with Crippen molar-refractivity contribution in [2.45, 2.75) is 6.36 Å². The van der Waals surface area contributed by atoms with Gasteiger partial charge in [-0.15, -0.1) is 13.2 Å². The summed E-state index contributed by atoms with van der Waals surface area (Å²) in [5, 5.41) is 5.93. The SMILES string of the molecule is O=C(Nc1ccc(OC(F)(F)F)cc1)Nc1ccccc1/C=C/c1ccc(Cl)cc1. The minimum atomic E-state index is -4.77. The highest BCUT2D eigenvalue weighted by atomic mass is 35.5. The van der Waals surface area contributed by atoms with E-state index in [-0.39, 0.29) is 5.75 Å². The lowest BCUT2D eigenvalue weighted by molar-refractivity contribution is -0.274. The molecule has 0 aliphatic rings. The first-order chi connectivity index (χ1) is 14.3. The molecule has 0 saturated heterocycles. The summed E-state index contributed by atoms with van der Waals surface area (Å²) in [5.41, 5.74) is 2.60. The van der Waals surface area contributed by atoms with Gasteiger partial charge in [-0.25, -0.2) is 4.79 Å². The monoisotopic (exact) mass is 432 g/mol. The number of nitrogens with one attached hydrogen (secondary N) is 2. The van der Waals surface area contributed by atoms with E-state index >= 15 is 0 Å². The number of halogens is 4. The van der Waals surface area contributed by atoms with Gasteiger partial charge >= 0.3 is 12.4 Å². The predicted octanol–water partition coefficient (Wildman–Crippen LogP) is 7.05. The number of carbonyl (C=O) groups excluding carboxylic acids is 1. The van der Waals surface area contributed by atoms with Crippen molar-refractivity contribution in [2.24, 2.45) is 0 Å². The Labute approximate surface area is 175 Å². The van der Waals surface area contributed by atoms with Crippen molar-refractivity contribution in [3.05, 3.63) is 88.9 Å². The highest BCUT2D eigenvalue weighted by molar-refractivity contribution is 6.30. The summed E-state index contributed by atoms with van der Waals surface area (Å²) in [6, 6.07) is 18.8. The maximum atomic E-state index is 12.3. The van der Waals surface area contributed by atoms with E-state index in [0.29, 0.717) is 16.4 Å². The third kappa shape index (κ3) is 6.56. The molecule has 154 valence electrons. The molecule has 0 saturated carbocycles. The number of carbonyl (C=O) groups is 1. The van der Waals surface area contributed by atoms with Crippen molar-refractivity contribution < 1.29 is 22.7 Å². The van der Waals surface area contributed by atoms with E-state index in [1.54, 1.807) is 24.3 Å². The number of ether oxygens (including phenoxy) is 1. The van der Waals surface area contributed by atoms with Crippen molar-refractivity contribution in [3.8, 4) is 5.75 Å². The zero-order chi connectivity index (χ0) is 21.6. The van der Waals surface area contributed by atoms with Gasteiger partial charge in [0.1, 0.15) is 5.75 Å². The van der Waals surface area contributed by atoms with Gasteiger partial charge in [-0.1, -0.05) is 54.1 Å². The average molecular weight is 433 g/mol. The maximum Gasteiger partial charge on any atom is 0.573 e. The lowest BCUT2D eigenvalue weighted by atomic mass is 10.1. The Morgan fingerprint density at radius 3 is 2.20 bits per heavy atom. The number of alkyl halides is 3. The van der Waals surface area contributed by atoms with E-state index in [0.717, 1.165) is 23.3 Å². The zero-order valence-electron chi connectivity index (χ0n) is 15.4. The Bertz CT molecular complexity index is 1030. The normalized spacial score (nSPS) is 11.3. The molecule has 3 aromatic carbocycles. The Hall–Kier alpha value is -3.45. The van der Waals surface area contributed by atoms with Gasteiger partial charge in [0.15, 0.2) is 0 Å². The second kappa shape index (κ2) is 9.37. The largest absolute Gasteiger partial charge is 0.573 e. The molecular formula is C22H16ClF3N2O2. The van der Waals surface area contributed by atoms with E-state index in [1.807, 2.05) is 36.4 Å². The third-order valence-electron chi connectivity index (χ3n) is 3.88. The molecule has 0 spiro atoms. The molecule has 0 fully saturated rings. The van der Waals surface area contributed by atoms with E-state index in [1.165, 1.54) is 12.1 Å². The molecule has 0 radical (unpaired) electrons. The Balaban J connectivity index is 1.65. The molecule has 3 aromatic rings. The van der Waals surface area contributed by atoms with E-state index in [4.69, 9.17) is 11.6 Å². The highest BCUT2D eigenvalue weighted by Crippen LogP contribution is 2.24. The van der Waals surface area contributed by atoms with Gasteiger partial charge in [-0.2, -0.15) is 0 Å². The summed E-state index contributed by atoms with van der Waals surface area (Å²) in [7, 11) is 0. The van der Waals surface area contributed by atoms with Crippen LogP contribution in [0.2, 0.25) is 5.02 Å². The molecule has 8 heteroatoms. The van der Waals surface area contributed by atoms with Crippen LogP contribution in [0.25, 0.3) is 12.2 Å². The molecule has 0 aliphatic carbocycles. The molecule has 2 N–H and O–H groups in total. The van der Waals surface area contributed by atoms with E-state index in [2.05, 4.69) is 15.4 Å². The van der Waals surface area contributed by atoms with Crippen LogP contribution in [0.15, 0.2) is 72.8 Å². The summed E-state index contributed by atoms with van der Waals surface area (Å²) < 4.78 is 40.4. The minimum absolute atomic E-state index is 0.316. The molecule has 4 nitrogen and oxygen atoms in total. The summed E-state index contributed by atoms with van der Waals surface area (Å²) in [6.07, 6.45) is -1.04. The Morgan fingerprint density at radius 1 is 0.867 bits per heavy atom. The van der Waals surface area contributed by atoms with Crippen LogP contribution in [0.3, 0.4) is 0 Å². The number of hydrogen-bond acceptors (Lipinski definition) is 2. The molecule has 0 bridgehead atoms. The molecule has 0 heterocycles. The fourth-order valence-electron chi connectivity index (χ4n) is 2.54. The number of para-hydroxylation sites is 1. The van der Waals surface area contributed by atoms with Gasteiger partial charge in [-0.3, -0.25) is 0 Å². The maximum absolute atomic E-state index is 12.3. The first-order valence-corrected chi connectivity index (χ1v) is 9.13. The first kappa shape index (κ1) is 21.3. The molecule has 2 amide bonds. The van der Waals surface area contributed by atoms with Gasteiger partial charge in [-0.05, 0) is 53.6 Å². The van der Waals surface area contributed by atoms with Gasteiger partial charge < -0.3 is 15.4 Å². The molecule has 0 aliphatic heterocycles. The number of hydrogen-bond donors (Lipinski definition) is 2. The van der Waals surface area contributed by atoms with Crippen molar-refractivity contribution >= 4 is 41.2 Å². The van der Waals surface area contributed by atoms with Crippen LogP contribution in [0, 0.1) is 0 Å². The number of anilines is 2. The number of rotatable bonds is 5. The third-order valence-corrected chi connectivity index (χ3v) is 4.13. The van der Waals surface area contributed by atoms with E-state index in [9.17, 15) is 18.0 Å². The average Bonchev–Trinajstić information content (AvgIpc) is 2.69. The number of urea groups is 1. The summed E-state index contributed by atoms with van der Waals surface area (Å²) in [6.45, 7) is 0. The van der Waals surface area contributed by atoms with Gasteiger partial charge in [0, 0.05) is 16.4 Å². The van der Waals surface area contributed by atoms with Crippen LogP contribution in [0.4, 0.5) is 29.3 Å². The van der Waals surface area contributed by atoms with Crippen molar-refractivity contribution in [3.63, 3.8) is 0 Å². The fourth-order valence-corrected chi connectivity index (χ4v) is 2.67. The molecule has 0 atom stereocenters. The van der Waals surface area contributed by atoms with Crippen LogP contribution >= 0.6 is 11.6 Å². The molecule has 0 unspecified atom stereocenters. The number of amides is 2. The summed E-state index contributed by atoms with van der Waals surface area (Å²) in [4.78, 5) is 12.3. The fraction of sp³-hybridized carbons (Fsp3) is 0.0455. The van der Waals surface area contributed by atoms with Crippen molar-refractivity contribution in [1.82, 2.24) is 0 Å². The second-order valence-electron chi connectivity index (χ2n) is 6.12. The van der Waals surface area contributed by atoms with Gasteiger partial charge in [0.2, 0.25) is 0 Å². The number of benzene rings is 3. The van der Waals surface area contributed by atoms with Gasteiger partial charge in [0.25, 0.3) is 0 Å². The van der Waals surface area contributed by atoms with Crippen LogP contribution in [0.5, 0.6) is 5.75 Å². The van der Waals surface area contributed by atoms with Crippen LogP contribution in [-0.4, -0.2) is 12.4 Å². The highest BCUT2D eigenvalue weighted by Gasteiger charge is 2.30. The van der Waals surface area contributed by atoms with E-state index < -0.39 is 12.4 Å². The Morgan fingerprint density at radius 2 is 1.53 bits per heavy atom. The van der Waals surface area contributed by atoms with Crippen LogP contribution in [0.1, 0.15) is 11.1 Å². The first-order valence-electron chi connectivity index (χ1n) is 8.75. The molecule has 0 aromatic heterocycles. The van der Waals surface area contributed by atoms with Crippen LogP contribution in [-0.2, 0) is 0 Å². The second-order valence-corrected chi connectivity index (χ2v) is 6.56.